The summed E-state index contributed by atoms with van der Waals surface area (Å²) in [7, 11) is 4.09. The zero-order valence-electron chi connectivity index (χ0n) is 32.7. The first-order valence-corrected chi connectivity index (χ1v) is 21.2. The van der Waals surface area contributed by atoms with Crippen LogP contribution in [-0.2, 0) is 14.3 Å². The molecule has 2 saturated carbocycles. The smallest absolute Gasteiger partial charge is 0.262 e. The molecule has 4 heterocycles. The van der Waals surface area contributed by atoms with Gasteiger partial charge in [-0.1, -0.05) is 0 Å². The molecule has 1 atom stereocenters. The molecule has 3 aromatic carbocycles. The lowest BCUT2D eigenvalue weighted by Crippen LogP contribution is -2.49. The van der Waals surface area contributed by atoms with E-state index in [1.165, 1.54) is 5.69 Å². The van der Waals surface area contributed by atoms with E-state index in [2.05, 4.69) is 56.0 Å². The Morgan fingerprint density at radius 1 is 0.754 bits per heavy atom. The predicted molar refractivity (Wildman–Crippen MR) is 221 cm³/mol. The Morgan fingerprint density at radius 3 is 2.19 bits per heavy atom. The molecule has 13 heteroatoms. The lowest BCUT2D eigenvalue weighted by atomic mass is 9.91. The monoisotopic (exact) mass is 790 g/mol. The number of nitrogens with zero attached hydrogens (tertiary/aromatic N) is 6. The van der Waals surface area contributed by atoms with Crippen molar-refractivity contribution in [3.8, 4) is 16.3 Å². The Kier molecular flexibility index (Phi) is 10.6. The molecule has 2 aliphatic carbocycles. The van der Waals surface area contributed by atoms with Crippen LogP contribution in [0.2, 0.25) is 0 Å². The normalized spacial score (nSPS) is 23.6. The van der Waals surface area contributed by atoms with Crippen molar-refractivity contribution in [2.45, 2.75) is 69.3 Å². The second-order valence-electron chi connectivity index (χ2n) is 16.4. The van der Waals surface area contributed by atoms with Crippen molar-refractivity contribution >= 4 is 56.3 Å². The number of anilines is 2. The zero-order valence-corrected chi connectivity index (χ0v) is 33.5. The van der Waals surface area contributed by atoms with Crippen molar-refractivity contribution < 1.29 is 28.7 Å². The number of piperazine rings is 1. The van der Waals surface area contributed by atoms with Crippen LogP contribution in [0.1, 0.15) is 65.7 Å². The van der Waals surface area contributed by atoms with Gasteiger partial charge < -0.3 is 24.2 Å². The summed E-state index contributed by atoms with van der Waals surface area (Å²) in [5, 5.41) is 1.02. The molecule has 9 rings (SSSR count). The van der Waals surface area contributed by atoms with E-state index in [1.54, 1.807) is 23.5 Å². The van der Waals surface area contributed by atoms with Crippen molar-refractivity contribution in [2.24, 2.45) is 0 Å². The molecule has 0 radical (unpaired) electrons. The minimum absolute atomic E-state index is 0.131. The zero-order chi connectivity index (χ0) is 39.2. The Morgan fingerprint density at radius 2 is 1.47 bits per heavy atom. The van der Waals surface area contributed by atoms with Gasteiger partial charge in [-0.05, 0) is 79.9 Å². The summed E-state index contributed by atoms with van der Waals surface area (Å²) in [5.74, 6) is -0.438. The third kappa shape index (κ3) is 7.95. The molecule has 12 nitrogen and oxygen atoms in total. The van der Waals surface area contributed by atoms with E-state index in [-0.39, 0.29) is 43.0 Å². The van der Waals surface area contributed by atoms with Gasteiger partial charge in [-0.15, -0.1) is 11.3 Å². The minimum atomic E-state index is -0.846. The molecule has 1 unspecified atom stereocenters. The number of hydrogen-bond donors (Lipinski definition) is 0. The van der Waals surface area contributed by atoms with Gasteiger partial charge >= 0.3 is 0 Å². The highest BCUT2D eigenvalue weighted by Crippen LogP contribution is 2.36. The van der Waals surface area contributed by atoms with E-state index in [0.717, 1.165) is 115 Å². The van der Waals surface area contributed by atoms with Crippen LogP contribution < -0.4 is 14.5 Å². The molecule has 0 bridgehead atoms. The van der Waals surface area contributed by atoms with Crippen LogP contribution in [0.3, 0.4) is 0 Å². The number of benzene rings is 3. The molecule has 0 spiro atoms. The topological polar surface area (TPSA) is 116 Å². The maximum Gasteiger partial charge on any atom is 0.262 e. The summed E-state index contributed by atoms with van der Waals surface area (Å²) in [6.45, 7) is 7.68. The summed E-state index contributed by atoms with van der Waals surface area (Å²) >= 11 is 1.70. The molecule has 4 fully saturated rings. The van der Waals surface area contributed by atoms with Gasteiger partial charge in [-0.2, -0.15) is 0 Å². The first-order chi connectivity index (χ1) is 27.6. The fourth-order valence-corrected chi connectivity index (χ4v) is 9.83. The highest BCUT2D eigenvalue weighted by atomic mass is 32.1. The highest BCUT2D eigenvalue weighted by molar-refractivity contribution is 7.21. The van der Waals surface area contributed by atoms with E-state index >= 15 is 0 Å². The number of hydrogen-bond acceptors (Lipinski definition) is 12. The summed E-state index contributed by atoms with van der Waals surface area (Å²) in [6, 6.07) is 19.3. The Hall–Kier alpha value is -4.69. The van der Waals surface area contributed by atoms with Gasteiger partial charge in [-0.3, -0.25) is 29.0 Å². The standard InChI is InChI=1S/C44H50N6O6S/c1-46(2)29-5-3-28(4-6-29)42-45-38-11-9-33(27-41(38)57-42)56-35-25-34(26-35)55-32-13-15-47(16-14-32)17-18-48-19-21-49(22-20-48)30-7-10-36-37(23-30)44(54)50(43(36)53)39-12-8-31(51)24-40(39)52/h3-7,9-11,23,27,32,34-35,39H,8,12-22,24-26H2,1-2H3. The number of rotatable bonds is 11. The van der Waals surface area contributed by atoms with Crippen molar-refractivity contribution in [3.63, 3.8) is 0 Å². The van der Waals surface area contributed by atoms with E-state index < -0.39 is 17.9 Å². The maximum absolute atomic E-state index is 13.3. The quantitative estimate of drug-likeness (QED) is 0.141. The van der Waals surface area contributed by atoms with Crippen LogP contribution in [0.5, 0.6) is 5.75 Å². The number of likely N-dealkylation sites (tertiary alicyclic amines) is 1. The molecule has 5 aliphatic rings. The Labute approximate surface area is 337 Å². The molecular formula is C44H50N6O6S. The van der Waals surface area contributed by atoms with Crippen LogP contribution in [-0.4, -0.2) is 134 Å². The highest BCUT2D eigenvalue weighted by Gasteiger charge is 2.44. The van der Waals surface area contributed by atoms with Gasteiger partial charge in [0, 0.05) is 103 Å². The average molecular weight is 791 g/mol. The van der Waals surface area contributed by atoms with E-state index in [4.69, 9.17) is 14.5 Å². The Balaban J connectivity index is 0.676. The van der Waals surface area contributed by atoms with E-state index in [9.17, 15) is 19.2 Å². The second kappa shape index (κ2) is 15.9. The molecule has 2 saturated heterocycles. The summed E-state index contributed by atoms with van der Waals surface area (Å²) < 4.78 is 14.0. The molecule has 2 amide bonds. The molecular weight excluding hydrogens is 741 g/mol. The van der Waals surface area contributed by atoms with Crippen LogP contribution in [0, 0.1) is 0 Å². The summed E-state index contributed by atoms with van der Waals surface area (Å²) in [6.07, 6.45) is 4.96. The molecule has 1 aromatic heterocycles. The van der Waals surface area contributed by atoms with Gasteiger partial charge in [0.25, 0.3) is 11.8 Å². The first-order valence-electron chi connectivity index (χ1n) is 20.4. The number of ether oxygens (including phenoxy) is 2. The van der Waals surface area contributed by atoms with Crippen molar-refractivity contribution in [3.05, 3.63) is 71.8 Å². The third-order valence-corrected chi connectivity index (χ3v) is 13.5. The fourth-order valence-electron chi connectivity index (χ4n) is 8.83. The van der Waals surface area contributed by atoms with Gasteiger partial charge in [0.1, 0.15) is 22.6 Å². The average Bonchev–Trinajstić information content (AvgIpc) is 3.74. The van der Waals surface area contributed by atoms with Crippen LogP contribution in [0.4, 0.5) is 11.4 Å². The lowest BCUT2D eigenvalue weighted by Gasteiger charge is -2.40. The number of carbonyl (C=O) groups is 4. The third-order valence-electron chi connectivity index (χ3n) is 12.4. The lowest BCUT2D eigenvalue weighted by molar-refractivity contribution is -0.132. The number of fused-ring (bicyclic) bond motifs is 2. The number of aromatic nitrogens is 1. The predicted octanol–water partition coefficient (Wildman–Crippen LogP) is 5.53. The van der Waals surface area contributed by atoms with Crippen molar-refractivity contribution in [1.82, 2.24) is 19.7 Å². The fraction of sp³-hybridized carbons (Fsp3) is 0.477. The van der Waals surface area contributed by atoms with E-state index in [1.807, 2.05) is 26.2 Å². The number of Topliss-reactive ketones (excluding diaryl/α,β-unsaturated/α-hetero) is 2. The summed E-state index contributed by atoms with van der Waals surface area (Å²) in [5.41, 5.74) is 4.91. The van der Waals surface area contributed by atoms with Crippen LogP contribution in [0.25, 0.3) is 20.8 Å². The number of imide groups is 1. The molecule has 0 N–H and O–H groups in total. The van der Waals surface area contributed by atoms with E-state index in [0.29, 0.717) is 17.2 Å². The minimum Gasteiger partial charge on any atom is -0.490 e. The number of amides is 2. The number of thiazole rings is 1. The molecule has 3 aliphatic heterocycles. The second-order valence-corrected chi connectivity index (χ2v) is 17.4. The largest absolute Gasteiger partial charge is 0.490 e. The van der Waals surface area contributed by atoms with Crippen molar-refractivity contribution in [1.29, 1.82) is 0 Å². The SMILES string of the molecule is CN(C)c1ccc(-c2nc3ccc(OC4CC(OC5CCN(CCN6CCN(c7ccc8c(c7)C(=O)N(C7CCC(=O)CC7=O)C8=O)CC6)CC5)C4)cc3s2)cc1. The van der Waals surface area contributed by atoms with Crippen LogP contribution >= 0.6 is 11.3 Å². The number of piperidine rings is 1. The number of carbonyl (C=O) groups excluding carboxylic acids is 4. The Bertz CT molecular complexity index is 2170. The van der Waals surface area contributed by atoms with Gasteiger partial charge in [0.05, 0.1) is 46.0 Å². The number of ketones is 2. The van der Waals surface area contributed by atoms with Gasteiger partial charge in [-0.25, -0.2) is 4.98 Å². The molecule has 298 valence electrons. The van der Waals surface area contributed by atoms with Gasteiger partial charge in [0.2, 0.25) is 0 Å². The molecule has 4 aromatic rings. The molecule has 57 heavy (non-hydrogen) atoms. The van der Waals surface area contributed by atoms with Crippen LogP contribution in [0.15, 0.2) is 60.7 Å². The van der Waals surface area contributed by atoms with Gasteiger partial charge in [0.15, 0.2) is 5.78 Å². The maximum atomic E-state index is 13.3. The first kappa shape index (κ1) is 37.9. The summed E-state index contributed by atoms with van der Waals surface area (Å²) in [4.78, 5) is 66.1. The van der Waals surface area contributed by atoms with Crippen molar-refractivity contribution in [2.75, 3.05) is 76.3 Å².